The Morgan fingerprint density at radius 2 is 1.80 bits per heavy atom. The molecular formula is C13H15FN2O3S. The molecule has 2 aromatic rings. The van der Waals surface area contributed by atoms with Gasteiger partial charge in [0.1, 0.15) is 22.2 Å². The summed E-state index contributed by atoms with van der Waals surface area (Å²) < 4.78 is 45.3. The monoisotopic (exact) mass is 298 g/mol. The van der Waals surface area contributed by atoms with Crippen LogP contribution in [-0.4, -0.2) is 8.42 Å². The van der Waals surface area contributed by atoms with Gasteiger partial charge in [0.05, 0.1) is 0 Å². The summed E-state index contributed by atoms with van der Waals surface area (Å²) in [4.78, 5) is 0.0434. The Morgan fingerprint density at radius 3 is 2.35 bits per heavy atom. The van der Waals surface area contributed by atoms with Gasteiger partial charge in [-0.1, -0.05) is 0 Å². The molecule has 1 aromatic heterocycles. The third kappa shape index (κ3) is 2.68. The van der Waals surface area contributed by atoms with E-state index >= 15 is 0 Å². The molecule has 20 heavy (non-hydrogen) atoms. The first-order chi connectivity index (χ1) is 9.35. The lowest BCUT2D eigenvalue weighted by atomic mass is 10.2. The van der Waals surface area contributed by atoms with Gasteiger partial charge in [-0.2, -0.15) is 0 Å². The fourth-order valence-electron chi connectivity index (χ4n) is 2.02. The van der Waals surface area contributed by atoms with Gasteiger partial charge in [-0.3, -0.25) is 4.72 Å². The van der Waals surface area contributed by atoms with E-state index in [1.54, 1.807) is 13.8 Å². The predicted octanol–water partition coefficient (Wildman–Crippen LogP) is 2.30. The van der Waals surface area contributed by atoms with E-state index in [1.165, 1.54) is 24.3 Å². The second kappa shape index (κ2) is 5.26. The van der Waals surface area contributed by atoms with Crippen LogP contribution in [0.4, 0.5) is 10.1 Å². The van der Waals surface area contributed by atoms with E-state index in [2.05, 4.69) is 4.72 Å². The highest BCUT2D eigenvalue weighted by Gasteiger charge is 2.26. The Bertz CT molecular complexity index is 721. The second-order valence-corrected chi connectivity index (χ2v) is 5.96. The van der Waals surface area contributed by atoms with Crippen LogP contribution >= 0.6 is 0 Å². The molecule has 0 aliphatic carbocycles. The molecule has 0 fully saturated rings. The van der Waals surface area contributed by atoms with Crippen molar-refractivity contribution in [1.29, 1.82) is 0 Å². The number of anilines is 1. The van der Waals surface area contributed by atoms with Crippen molar-refractivity contribution < 1.29 is 17.2 Å². The molecule has 0 aliphatic rings. The Hall–Kier alpha value is -1.86. The summed E-state index contributed by atoms with van der Waals surface area (Å²) in [5.74, 6) is 0.313. The SMILES string of the molecule is Cc1oc(C)c(S(=O)(=O)Nc2ccc(F)cc2)c1CN. The van der Waals surface area contributed by atoms with Gasteiger partial charge < -0.3 is 10.2 Å². The topological polar surface area (TPSA) is 85.3 Å². The first kappa shape index (κ1) is 14.5. The molecule has 108 valence electrons. The standard InChI is InChI=1S/C13H15FN2O3S/c1-8-12(7-15)13(9(2)19-8)20(17,18)16-11-5-3-10(14)4-6-11/h3-6,16H,7,15H2,1-2H3. The van der Waals surface area contributed by atoms with Crippen LogP contribution in [0.1, 0.15) is 17.1 Å². The lowest BCUT2D eigenvalue weighted by Gasteiger charge is -2.08. The summed E-state index contributed by atoms with van der Waals surface area (Å²) in [7, 11) is -3.82. The number of aryl methyl sites for hydroxylation is 2. The summed E-state index contributed by atoms with van der Waals surface area (Å²) in [6, 6.07) is 5.04. The normalized spacial score (nSPS) is 11.6. The number of benzene rings is 1. The maximum Gasteiger partial charge on any atom is 0.265 e. The number of hydrogen-bond acceptors (Lipinski definition) is 4. The molecule has 1 aromatic carbocycles. The second-order valence-electron chi connectivity index (χ2n) is 4.34. The number of nitrogens with one attached hydrogen (secondary N) is 1. The maximum atomic E-state index is 12.8. The molecule has 0 radical (unpaired) electrons. The molecule has 0 bridgehead atoms. The average molecular weight is 298 g/mol. The summed E-state index contributed by atoms with van der Waals surface area (Å²) in [5.41, 5.74) is 6.29. The van der Waals surface area contributed by atoms with Crippen molar-refractivity contribution in [1.82, 2.24) is 0 Å². The van der Waals surface area contributed by atoms with Crippen LogP contribution in [0, 0.1) is 19.7 Å². The summed E-state index contributed by atoms with van der Waals surface area (Å²) >= 11 is 0. The largest absolute Gasteiger partial charge is 0.465 e. The van der Waals surface area contributed by atoms with Gasteiger partial charge in [-0.25, -0.2) is 12.8 Å². The van der Waals surface area contributed by atoms with Crippen LogP contribution in [0.2, 0.25) is 0 Å². The Labute approximate surface area is 116 Å². The molecular weight excluding hydrogens is 283 g/mol. The number of furan rings is 1. The van der Waals surface area contributed by atoms with Crippen molar-refractivity contribution in [3.05, 3.63) is 47.2 Å². The number of hydrogen-bond donors (Lipinski definition) is 2. The van der Waals surface area contributed by atoms with Gasteiger partial charge in [0.15, 0.2) is 0 Å². The molecule has 2 rings (SSSR count). The molecule has 1 heterocycles. The molecule has 0 saturated heterocycles. The summed E-state index contributed by atoms with van der Waals surface area (Å²) in [6.45, 7) is 3.28. The Balaban J connectivity index is 2.43. The van der Waals surface area contributed by atoms with E-state index in [-0.39, 0.29) is 22.9 Å². The summed E-state index contributed by atoms with van der Waals surface area (Å²) in [6.07, 6.45) is 0. The van der Waals surface area contributed by atoms with Gasteiger partial charge >= 0.3 is 0 Å². The zero-order valence-electron chi connectivity index (χ0n) is 11.1. The van der Waals surface area contributed by atoms with E-state index in [4.69, 9.17) is 10.2 Å². The van der Waals surface area contributed by atoms with Crippen molar-refractivity contribution >= 4 is 15.7 Å². The molecule has 0 saturated carbocycles. The van der Waals surface area contributed by atoms with Crippen LogP contribution < -0.4 is 10.5 Å². The third-order valence-electron chi connectivity index (χ3n) is 2.89. The minimum Gasteiger partial charge on any atom is -0.465 e. The lowest BCUT2D eigenvalue weighted by Crippen LogP contribution is -2.16. The quantitative estimate of drug-likeness (QED) is 0.907. The molecule has 5 nitrogen and oxygen atoms in total. The average Bonchev–Trinajstić information content (AvgIpc) is 2.66. The smallest absolute Gasteiger partial charge is 0.265 e. The first-order valence-electron chi connectivity index (χ1n) is 5.92. The van der Waals surface area contributed by atoms with Crippen LogP contribution in [0.15, 0.2) is 33.6 Å². The zero-order valence-corrected chi connectivity index (χ0v) is 11.9. The highest BCUT2D eigenvalue weighted by atomic mass is 32.2. The molecule has 0 unspecified atom stereocenters. The van der Waals surface area contributed by atoms with E-state index in [0.717, 1.165) is 0 Å². The van der Waals surface area contributed by atoms with Crippen molar-refractivity contribution in [2.45, 2.75) is 25.3 Å². The fraction of sp³-hybridized carbons (Fsp3) is 0.231. The number of halogens is 1. The van der Waals surface area contributed by atoms with Crippen molar-refractivity contribution in [3.8, 4) is 0 Å². The van der Waals surface area contributed by atoms with Crippen molar-refractivity contribution in [2.75, 3.05) is 4.72 Å². The van der Waals surface area contributed by atoms with E-state index in [1.807, 2.05) is 0 Å². The van der Waals surface area contributed by atoms with E-state index in [9.17, 15) is 12.8 Å². The molecule has 0 atom stereocenters. The van der Waals surface area contributed by atoms with Gasteiger partial charge in [-0.15, -0.1) is 0 Å². The third-order valence-corrected chi connectivity index (χ3v) is 4.47. The van der Waals surface area contributed by atoms with E-state index in [0.29, 0.717) is 11.3 Å². The van der Waals surface area contributed by atoms with Crippen LogP contribution in [0.3, 0.4) is 0 Å². The number of nitrogens with two attached hydrogens (primary N) is 1. The van der Waals surface area contributed by atoms with Crippen LogP contribution in [0.5, 0.6) is 0 Å². The first-order valence-corrected chi connectivity index (χ1v) is 7.41. The van der Waals surface area contributed by atoms with Gasteiger partial charge in [0.2, 0.25) is 0 Å². The maximum absolute atomic E-state index is 12.8. The van der Waals surface area contributed by atoms with Crippen molar-refractivity contribution in [3.63, 3.8) is 0 Å². The lowest BCUT2D eigenvalue weighted by molar-refractivity contribution is 0.494. The van der Waals surface area contributed by atoms with E-state index < -0.39 is 15.8 Å². The van der Waals surface area contributed by atoms with Crippen LogP contribution in [0.25, 0.3) is 0 Å². The zero-order chi connectivity index (χ0) is 14.9. The summed E-state index contributed by atoms with van der Waals surface area (Å²) in [5, 5.41) is 0. The van der Waals surface area contributed by atoms with Crippen molar-refractivity contribution in [2.24, 2.45) is 5.73 Å². The molecule has 3 N–H and O–H groups in total. The molecule has 7 heteroatoms. The minimum atomic E-state index is -3.82. The minimum absolute atomic E-state index is 0.0434. The Morgan fingerprint density at radius 1 is 1.20 bits per heavy atom. The Kier molecular flexibility index (Phi) is 3.82. The van der Waals surface area contributed by atoms with Gasteiger partial charge in [0, 0.05) is 17.8 Å². The molecule has 0 aliphatic heterocycles. The van der Waals surface area contributed by atoms with Gasteiger partial charge in [0.25, 0.3) is 10.0 Å². The van der Waals surface area contributed by atoms with Crippen LogP contribution in [-0.2, 0) is 16.6 Å². The molecule has 0 amide bonds. The number of sulfonamides is 1. The number of rotatable bonds is 4. The van der Waals surface area contributed by atoms with Gasteiger partial charge in [-0.05, 0) is 38.1 Å². The highest BCUT2D eigenvalue weighted by Crippen LogP contribution is 2.28. The predicted molar refractivity (Wildman–Crippen MR) is 73.3 cm³/mol. The fourth-order valence-corrected chi connectivity index (χ4v) is 3.54. The molecule has 0 spiro atoms. The highest BCUT2D eigenvalue weighted by molar-refractivity contribution is 7.92.